The minimum Gasteiger partial charge on any atom is -0.497 e. The van der Waals surface area contributed by atoms with Gasteiger partial charge >= 0.3 is 0 Å². The lowest BCUT2D eigenvalue weighted by Gasteiger charge is -2.04. The van der Waals surface area contributed by atoms with Crippen LogP contribution in [0.4, 0.5) is 4.39 Å². The van der Waals surface area contributed by atoms with Gasteiger partial charge in [0.2, 0.25) is 5.43 Å². The van der Waals surface area contributed by atoms with Gasteiger partial charge < -0.3 is 9.15 Å². The van der Waals surface area contributed by atoms with E-state index in [1.54, 1.807) is 31.4 Å². The summed E-state index contributed by atoms with van der Waals surface area (Å²) in [5, 5.41) is 0.235. The molecule has 3 aromatic rings. The van der Waals surface area contributed by atoms with E-state index in [9.17, 15) is 9.18 Å². The molecule has 0 spiro atoms. The van der Waals surface area contributed by atoms with E-state index < -0.39 is 5.82 Å². The van der Waals surface area contributed by atoms with Gasteiger partial charge in [-0.1, -0.05) is 12.1 Å². The second kappa shape index (κ2) is 4.81. The lowest BCUT2D eigenvalue weighted by molar-refractivity contribution is 0.415. The number of ether oxygens (including phenoxy) is 1. The third-order valence-corrected chi connectivity index (χ3v) is 3.14. The molecule has 0 aliphatic carbocycles. The van der Waals surface area contributed by atoms with Gasteiger partial charge in [-0.2, -0.15) is 0 Å². The van der Waals surface area contributed by atoms with Crippen molar-refractivity contribution in [1.29, 1.82) is 0 Å². The predicted molar refractivity (Wildman–Crippen MR) is 74.4 cm³/mol. The van der Waals surface area contributed by atoms with Crippen molar-refractivity contribution in [3.05, 3.63) is 64.8 Å². The second-order valence-electron chi connectivity index (χ2n) is 4.35. The van der Waals surface area contributed by atoms with Gasteiger partial charge in [0.15, 0.2) is 0 Å². The molecule has 0 unspecified atom stereocenters. The number of hydrogen-bond acceptors (Lipinski definition) is 3. The minimum atomic E-state index is -0.461. The smallest absolute Gasteiger partial charge is 0.200 e. The minimum absolute atomic E-state index is 0.235. The molecule has 0 N–H and O–H groups in total. The van der Waals surface area contributed by atoms with Crippen molar-refractivity contribution in [3.63, 3.8) is 0 Å². The molecule has 2 aromatic carbocycles. The molecule has 1 heterocycles. The highest BCUT2D eigenvalue weighted by Crippen LogP contribution is 2.22. The van der Waals surface area contributed by atoms with Crippen molar-refractivity contribution >= 4 is 11.0 Å². The zero-order chi connectivity index (χ0) is 14.1. The van der Waals surface area contributed by atoms with Crippen LogP contribution in [0.1, 0.15) is 0 Å². The van der Waals surface area contributed by atoms with Crippen LogP contribution < -0.4 is 10.2 Å². The summed E-state index contributed by atoms with van der Waals surface area (Å²) in [7, 11) is 1.57. The van der Waals surface area contributed by atoms with Crippen LogP contribution in [0.15, 0.2) is 57.9 Å². The molecule has 0 saturated carbocycles. The molecule has 3 nitrogen and oxygen atoms in total. The monoisotopic (exact) mass is 270 g/mol. The van der Waals surface area contributed by atoms with Gasteiger partial charge in [-0.15, -0.1) is 0 Å². The third-order valence-electron chi connectivity index (χ3n) is 3.14. The molecular formula is C16H11FO3. The Hall–Kier alpha value is -2.62. The summed E-state index contributed by atoms with van der Waals surface area (Å²) in [6.07, 6.45) is 1.39. The average Bonchev–Trinajstić information content (AvgIpc) is 2.48. The molecule has 4 heteroatoms. The fraction of sp³-hybridized carbons (Fsp3) is 0.0625. The van der Waals surface area contributed by atoms with E-state index in [4.69, 9.17) is 9.15 Å². The maximum absolute atomic E-state index is 13.3. The second-order valence-corrected chi connectivity index (χ2v) is 4.35. The first-order valence-corrected chi connectivity index (χ1v) is 6.04. The first kappa shape index (κ1) is 12.4. The van der Waals surface area contributed by atoms with Crippen LogP contribution in [0.5, 0.6) is 5.75 Å². The van der Waals surface area contributed by atoms with Crippen molar-refractivity contribution in [2.24, 2.45) is 0 Å². The molecule has 0 bridgehead atoms. The number of methoxy groups -OCH3 is 1. The molecule has 0 saturated heterocycles. The summed E-state index contributed by atoms with van der Waals surface area (Å²) in [5.74, 6) is 0.238. The first-order chi connectivity index (χ1) is 9.69. The Balaban J connectivity index is 2.20. The zero-order valence-corrected chi connectivity index (χ0v) is 10.7. The summed E-state index contributed by atoms with van der Waals surface area (Å²) in [4.78, 5) is 12.4. The van der Waals surface area contributed by atoms with Gasteiger partial charge in [0.25, 0.3) is 0 Å². The molecule has 0 aliphatic rings. The molecule has 0 fully saturated rings. The lowest BCUT2D eigenvalue weighted by Crippen LogP contribution is -2.05. The highest BCUT2D eigenvalue weighted by atomic mass is 19.1. The van der Waals surface area contributed by atoms with Crippen LogP contribution in [0.2, 0.25) is 0 Å². The van der Waals surface area contributed by atoms with Crippen molar-refractivity contribution < 1.29 is 13.5 Å². The molecule has 1 aromatic heterocycles. The maximum Gasteiger partial charge on any atom is 0.200 e. The molecule has 3 rings (SSSR count). The van der Waals surface area contributed by atoms with E-state index in [0.29, 0.717) is 22.5 Å². The van der Waals surface area contributed by atoms with E-state index in [1.165, 1.54) is 24.5 Å². The standard InChI is InChI=1S/C16H11FO3/c1-19-12-5-2-10(3-6-12)14-9-20-15-7-4-11(17)8-13(15)16(14)18/h2-9H,1H3. The van der Waals surface area contributed by atoms with Crippen LogP contribution in [0.25, 0.3) is 22.1 Å². The fourth-order valence-electron chi connectivity index (χ4n) is 2.07. The summed E-state index contributed by atoms with van der Waals surface area (Å²) in [6.45, 7) is 0. The number of rotatable bonds is 2. The molecule has 100 valence electrons. The maximum atomic E-state index is 13.3. The van der Waals surface area contributed by atoms with Crippen molar-refractivity contribution in [1.82, 2.24) is 0 Å². The van der Waals surface area contributed by atoms with E-state index in [2.05, 4.69) is 0 Å². The predicted octanol–water partition coefficient (Wildman–Crippen LogP) is 3.61. The van der Waals surface area contributed by atoms with Crippen LogP contribution in [-0.2, 0) is 0 Å². The quantitative estimate of drug-likeness (QED) is 0.714. The Morgan fingerprint density at radius 3 is 2.55 bits per heavy atom. The summed E-state index contributed by atoms with van der Waals surface area (Å²) in [6, 6.07) is 10.9. The molecule has 0 radical (unpaired) electrons. The van der Waals surface area contributed by atoms with Crippen LogP contribution >= 0.6 is 0 Å². The Morgan fingerprint density at radius 2 is 1.85 bits per heavy atom. The molecule has 0 atom stereocenters. The first-order valence-electron chi connectivity index (χ1n) is 6.04. The largest absolute Gasteiger partial charge is 0.497 e. The SMILES string of the molecule is COc1ccc(-c2coc3ccc(F)cc3c2=O)cc1. The van der Waals surface area contributed by atoms with Gasteiger partial charge in [0.1, 0.15) is 23.4 Å². The van der Waals surface area contributed by atoms with Gasteiger partial charge in [-0.05, 0) is 35.9 Å². The highest BCUT2D eigenvalue weighted by Gasteiger charge is 2.09. The summed E-state index contributed by atoms with van der Waals surface area (Å²) >= 11 is 0. The number of benzene rings is 2. The number of halogens is 1. The summed E-state index contributed by atoms with van der Waals surface area (Å²) in [5.41, 5.74) is 1.21. The van der Waals surface area contributed by atoms with Gasteiger partial charge in [0, 0.05) is 0 Å². The average molecular weight is 270 g/mol. The zero-order valence-electron chi connectivity index (χ0n) is 10.7. The molecule has 0 amide bonds. The Kier molecular flexibility index (Phi) is 2.99. The van der Waals surface area contributed by atoms with Gasteiger partial charge in [-0.3, -0.25) is 4.79 Å². The number of hydrogen-bond donors (Lipinski definition) is 0. The normalized spacial score (nSPS) is 10.7. The Morgan fingerprint density at radius 1 is 1.10 bits per heavy atom. The van der Waals surface area contributed by atoms with Crippen LogP contribution in [-0.4, -0.2) is 7.11 Å². The Labute approximate surface area is 114 Å². The van der Waals surface area contributed by atoms with Crippen molar-refractivity contribution in [2.45, 2.75) is 0 Å². The highest BCUT2D eigenvalue weighted by molar-refractivity contribution is 5.81. The third kappa shape index (κ3) is 2.05. The topological polar surface area (TPSA) is 39.4 Å². The van der Waals surface area contributed by atoms with Crippen molar-refractivity contribution in [2.75, 3.05) is 7.11 Å². The Bertz CT molecular complexity index is 819. The van der Waals surface area contributed by atoms with E-state index in [0.717, 1.165) is 0 Å². The summed E-state index contributed by atoms with van der Waals surface area (Å²) < 4.78 is 23.7. The molecule has 0 aliphatic heterocycles. The van der Waals surface area contributed by atoms with Crippen LogP contribution in [0, 0.1) is 5.82 Å². The molecular weight excluding hydrogens is 259 g/mol. The van der Waals surface area contributed by atoms with E-state index >= 15 is 0 Å². The van der Waals surface area contributed by atoms with Gasteiger partial charge in [0.05, 0.1) is 18.1 Å². The molecule has 20 heavy (non-hydrogen) atoms. The van der Waals surface area contributed by atoms with Crippen molar-refractivity contribution in [3.8, 4) is 16.9 Å². The van der Waals surface area contributed by atoms with Crippen LogP contribution in [0.3, 0.4) is 0 Å². The van der Waals surface area contributed by atoms with Gasteiger partial charge in [-0.25, -0.2) is 4.39 Å². The lowest BCUT2D eigenvalue weighted by atomic mass is 10.1. The van der Waals surface area contributed by atoms with E-state index in [-0.39, 0.29) is 10.8 Å². The van der Waals surface area contributed by atoms with E-state index in [1.807, 2.05) is 0 Å². The fourth-order valence-corrected chi connectivity index (χ4v) is 2.07. The number of fused-ring (bicyclic) bond motifs is 1.